The largest absolute Gasteiger partial charge is 0.494 e. The average molecular weight is 581 g/mol. The first kappa shape index (κ1) is 32.7. The van der Waals surface area contributed by atoms with Gasteiger partial charge in [-0.25, -0.2) is 4.79 Å². The van der Waals surface area contributed by atoms with Crippen molar-refractivity contribution in [3.8, 4) is 17.2 Å². The molecule has 0 aliphatic carbocycles. The van der Waals surface area contributed by atoms with Gasteiger partial charge in [0.1, 0.15) is 17.2 Å². The van der Waals surface area contributed by atoms with Gasteiger partial charge in [0.05, 0.1) is 25.9 Å². The number of carbonyl (C=O) groups is 1. The van der Waals surface area contributed by atoms with Crippen LogP contribution in [-0.4, -0.2) is 43.7 Å². The molecule has 3 unspecified atom stereocenters. The number of ether oxygens (including phenoxy) is 5. The van der Waals surface area contributed by atoms with Gasteiger partial charge in [0.25, 0.3) is 0 Å². The zero-order chi connectivity index (χ0) is 29.5. The summed E-state index contributed by atoms with van der Waals surface area (Å²) in [4.78, 5) is 12.6. The Bertz CT molecular complexity index is 1010. The Morgan fingerprint density at radius 3 is 1.85 bits per heavy atom. The lowest BCUT2D eigenvalue weighted by molar-refractivity contribution is -0.279. The summed E-state index contributed by atoms with van der Waals surface area (Å²) >= 11 is 0. The second-order valence-electron chi connectivity index (χ2n) is 10.4. The van der Waals surface area contributed by atoms with Crippen molar-refractivity contribution in [2.24, 2.45) is 0 Å². The predicted octanol–water partition coefficient (Wildman–Crippen LogP) is 8.21. The van der Waals surface area contributed by atoms with Crippen LogP contribution in [0, 0.1) is 0 Å². The highest BCUT2D eigenvalue weighted by Crippen LogP contribution is 2.35. The van der Waals surface area contributed by atoms with E-state index in [9.17, 15) is 18.0 Å². The number of benzene rings is 2. The van der Waals surface area contributed by atoms with Crippen LogP contribution in [-0.2, 0) is 20.9 Å². The molecule has 2 aromatic rings. The van der Waals surface area contributed by atoms with E-state index >= 15 is 0 Å². The zero-order valence-electron chi connectivity index (χ0n) is 24.1. The van der Waals surface area contributed by atoms with Crippen molar-refractivity contribution in [3.05, 3.63) is 54.1 Å². The van der Waals surface area contributed by atoms with Crippen LogP contribution in [0.1, 0.15) is 83.6 Å². The number of hydrogen-bond donors (Lipinski definition) is 0. The van der Waals surface area contributed by atoms with E-state index in [2.05, 4.69) is 13.8 Å². The van der Waals surface area contributed by atoms with E-state index in [0.717, 1.165) is 50.5 Å². The van der Waals surface area contributed by atoms with Gasteiger partial charge in [0, 0.05) is 0 Å². The molecule has 0 saturated carbocycles. The van der Waals surface area contributed by atoms with E-state index in [-0.39, 0.29) is 25.2 Å². The highest BCUT2D eigenvalue weighted by molar-refractivity contribution is 5.77. The summed E-state index contributed by atoms with van der Waals surface area (Å²) in [7, 11) is 0. The van der Waals surface area contributed by atoms with Gasteiger partial charge >= 0.3 is 12.1 Å². The van der Waals surface area contributed by atoms with E-state index in [1.165, 1.54) is 6.42 Å². The molecule has 1 aliphatic rings. The molecule has 6 nitrogen and oxygen atoms in total. The number of carbonyl (C=O) groups excluding carboxylic acids is 1. The number of hydrogen-bond acceptors (Lipinski definition) is 6. The van der Waals surface area contributed by atoms with E-state index < -0.39 is 30.5 Å². The van der Waals surface area contributed by atoms with E-state index in [1.807, 2.05) is 0 Å². The maximum absolute atomic E-state index is 13.9. The van der Waals surface area contributed by atoms with Crippen LogP contribution in [0.4, 0.5) is 13.2 Å². The van der Waals surface area contributed by atoms with E-state index in [0.29, 0.717) is 24.7 Å². The lowest BCUT2D eigenvalue weighted by Crippen LogP contribution is -2.51. The van der Waals surface area contributed by atoms with Crippen molar-refractivity contribution in [1.29, 1.82) is 0 Å². The molecule has 1 aliphatic heterocycles. The van der Waals surface area contributed by atoms with E-state index in [4.69, 9.17) is 23.7 Å². The molecule has 1 fully saturated rings. The Morgan fingerprint density at radius 2 is 1.32 bits per heavy atom. The normalized spacial score (nSPS) is 19.1. The van der Waals surface area contributed by atoms with E-state index in [1.54, 1.807) is 48.5 Å². The first-order valence-electron chi connectivity index (χ1n) is 14.8. The summed E-state index contributed by atoms with van der Waals surface area (Å²) in [6.45, 7) is 5.50. The fourth-order valence-corrected chi connectivity index (χ4v) is 4.54. The molecule has 0 N–H and O–H groups in total. The van der Waals surface area contributed by atoms with Crippen LogP contribution < -0.4 is 14.2 Å². The van der Waals surface area contributed by atoms with Gasteiger partial charge in [0.15, 0.2) is 12.2 Å². The second-order valence-corrected chi connectivity index (χ2v) is 10.4. The lowest BCUT2D eigenvalue weighted by Gasteiger charge is -2.36. The first-order chi connectivity index (χ1) is 19.8. The molecule has 0 amide bonds. The number of halogens is 3. The molecule has 1 heterocycles. The molecule has 0 bridgehead atoms. The monoisotopic (exact) mass is 580 g/mol. The highest BCUT2D eigenvalue weighted by atomic mass is 19.4. The minimum absolute atomic E-state index is 0.00765. The van der Waals surface area contributed by atoms with Gasteiger partial charge in [-0.05, 0) is 67.6 Å². The summed E-state index contributed by atoms with van der Waals surface area (Å²) in [5.41, 5.74) is 0.721. The molecular formula is C32H43F3O6. The minimum Gasteiger partial charge on any atom is -0.494 e. The van der Waals surface area contributed by atoms with Crippen molar-refractivity contribution in [3.63, 3.8) is 0 Å². The molecule has 3 atom stereocenters. The van der Waals surface area contributed by atoms with Gasteiger partial charge in [0.2, 0.25) is 0 Å². The Hall–Kier alpha value is -2.78. The zero-order valence-corrected chi connectivity index (χ0v) is 24.1. The molecule has 228 valence electrons. The highest BCUT2D eigenvalue weighted by Gasteiger charge is 2.51. The van der Waals surface area contributed by atoms with Gasteiger partial charge in [-0.1, -0.05) is 64.5 Å². The Morgan fingerprint density at radius 1 is 0.780 bits per heavy atom. The van der Waals surface area contributed by atoms with Crippen LogP contribution in [0.25, 0.3) is 0 Å². The van der Waals surface area contributed by atoms with Crippen molar-refractivity contribution < 1.29 is 41.7 Å². The number of alkyl halides is 3. The Balaban J connectivity index is 1.46. The summed E-state index contributed by atoms with van der Waals surface area (Å²) in [5.74, 6) is 0.700. The third kappa shape index (κ3) is 11.6. The molecule has 2 aromatic carbocycles. The number of rotatable bonds is 17. The van der Waals surface area contributed by atoms with Crippen LogP contribution in [0.15, 0.2) is 48.5 Å². The topological polar surface area (TPSA) is 63.2 Å². The van der Waals surface area contributed by atoms with Gasteiger partial charge in [-0.15, -0.1) is 0 Å². The maximum Gasteiger partial charge on any atom is 0.417 e. The predicted molar refractivity (Wildman–Crippen MR) is 150 cm³/mol. The molecule has 0 spiro atoms. The fraction of sp³-hybridized carbons (Fsp3) is 0.594. The first-order valence-corrected chi connectivity index (χ1v) is 14.8. The smallest absolute Gasteiger partial charge is 0.417 e. The average Bonchev–Trinajstić information content (AvgIpc) is 2.97. The Kier molecular flexibility index (Phi) is 13.8. The summed E-state index contributed by atoms with van der Waals surface area (Å²) in [6.07, 6.45) is -0.661. The third-order valence-corrected chi connectivity index (χ3v) is 6.91. The fourth-order valence-electron chi connectivity index (χ4n) is 4.54. The molecule has 0 aromatic heterocycles. The maximum atomic E-state index is 13.9. The molecule has 1 saturated heterocycles. The van der Waals surface area contributed by atoms with Gasteiger partial charge in [-0.3, -0.25) is 0 Å². The lowest BCUT2D eigenvalue weighted by atomic mass is 10.00. The third-order valence-electron chi connectivity index (χ3n) is 6.91. The minimum atomic E-state index is -4.70. The summed E-state index contributed by atoms with van der Waals surface area (Å²) in [6, 6.07) is 13.6. The quantitative estimate of drug-likeness (QED) is 0.107. The van der Waals surface area contributed by atoms with Crippen LogP contribution in [0.5, 0.6) is 17.2 Å². The van der Waals surface area contributed by atoms with Crippen molar-refractivity contribution in [1.82, 2.24) is 0 Å². The summed E-state index contributed by atoms with van der Waals surface area (Å²) in [5, 5.41) is 0. The van der Waals surface area contributed by atoms with Crippen molar-refractivity contribution in [2.45, 2.75) is 109 Å². The number of esters is 1. The SMILES string of the molecule is CCCCCCOc1ccc(COC2CCC(C(=O)Oc3ccc(OCCCCCC)cc3)OC2C(F)(F)F)cc1. The van der Waals surface area contributed by atoms with Crippen molar-refractivity contribution in [2.75, 3.05) is 13.2 Å². The second kappa shape index (κ2) is 17.2. The van der Waals surface area contributed by atoms with Crippen LogP contribution in [0.2, 0.25) is 0 Å². The van der Waals surface area contributed by atoms with Gasteiger partial charge < -0.3 is 23.7 Å². The van der Waals surface area contributed by atoms with Crippen LogP contribution in [0.3, 0.4) is 0 Å². The molecular weight excluding hydrogens is 537 g/mol. The molecule has 41 heavy (non-hydrogen) atoms. The Labute approximate surface area is 241 Å². The summed E-state index contributed by atoms with van der Waals surface area (Å²) < 4.78 is 69.1. The number of unbranched alkanes of at least 4 members (excludes halogenated alkanes) is 6. The molecule has 9 heteroatoms. The van der Waals surface area contributed by atoms with Crippen molar-refractivity contribution >= 4 is 5.97 Å². The van der Waals surface area contributed by atoms with Gasteiger partial charge in [-0.2, -0.15) is 13.2 Å². The molecule has 3 rings (SSSR count). The standard InChI is InChI=1S/C32H43F3O6/c1-3-5-7-9-21-37-25-13-11-24(12-14-25)23-39-28-19-20-29(41-30(28)32(33,34)35)31(36)40-27-17-15-26(16-18-27)38-22-10-8-6-4-2/h11-18,28-30H,3-10,19-23H2,1-2H3. The van der Waals surface area contributed by atoms with Crippen LogP contribution >= 0.6 is 0 Å². The molecule has 0 radical (unpaired) electrons.